The summed E-state index contributed by atoms with van der Waals surface area (Å²) in [6, 6.07) is 13.7. The number of methoxy groups -OCH3 is 1. The molecule has 2 aromatic carbocycles. The predicted octanol–water partition coefficient (Wildman–Crippen LogP) is 3.54. The van der Waals surface area contributed by atoms with Crippen LogP contribution < -0.4 is 14.4 Å². The van der Waals surface area contributed by atoms with Crippen molar-refractivity contribution in [3.63, 3.8) is 0 Å². The van der Waals surface area contributed by atoms with Crippen LogP contribution in [0.15, 0.2) is 78.1 Å². The molecule has 1 aliphatic heterocycles. The van der Waals surface area contributed by atoms with Crippen molar-refractivity contribution in [3.8, 4) is 5.75 Å². The highest BCUT2D eigenvalue weighted by Crippen LogP contribution is 2.28. The Morgan fingerprint density at radius 2 is 1.81 bits per heavy atom. The molecule has 0 saturated carbocycles. The number of halogens is 1. The summed E-state index contributed by atoms with van der Waals surface area (Å²) in [5.74, 6) is -0.472. The lowest BCUT2D eigenvalue weighted by molar-refractivity contribution is 0.0746. The first-order valence-electron chi connectivity index (χ1n) is 11.6. The number of amides is 1. The van der Waals surface area contributed by atoms with Crippen LogP contribution in [0.25, 0.3) is 10.9 Å². The number of nitrogens with one attached hydrogen (secondary N) is 1. The molecule has 0 bridgehead atoms. The number of aromatic nitrogens is 2. The Hall–Kier alpha value is -4.25. The van der Waals surface area contributed by atoms with Gasteiger partial charge in [-0.2, -0.15) is 0 Å². The summed E-state index contributed by atoms with van der Waals surface area (Å²) in [4.78, 5) is 25.0. The summed E-state index contributed by atoms with van der Waals surface area (Å²) in [6.45, 7) is 1.99. The van der Waals surface area contributed by atoms with E-state index in [1.54, 1.807) is 54.7 Å². The van der Waals surface area contributed by atoms with Gasteiger partial charge in [0.1, 0.15) is 16.5 Å². The van der Waals surface area contributed by atoms with Crippen LogP contribution in [0.4, 0.5) is 15.8 Å². The van der Waals surface area contributed by atoms with Gasteiger partial charge in [-0.15, -0.1) is 0 Å². The van der Waals surface area contributed by atoms with Gasteiger partial charge in [-0.3, -0.25) is 19.5 Å². The number of nitrogens with zero attached hydrogens (tertiary/aromatic N) is 4. The van der Waals surface area contributed by atoms with Crippen LogP contribution in [0, 0.1) is 5.82 Å². The predicted molar refractivity (Wildman–Crippen MR) is 138 cm³/mol. The first kappa shape index (κ1) is 24.4. The summed E-state index contributed by atoms with van der Waals surface area (Å²) in [7, 11) is -2.53. The number of sulfonamides is 1. The lowest BCUT2D eigenvalue weighted by Crippen LogP contribution is -2.49. The topological polar surface area (TPSA) is 105 Å². The Morgan fingerprint density at radius 3 is 2.57 bits per heavy atom. The van der Waals surface area contributed by atoms with Crippen LogP contribution in [-0.2, 0) is 10.0 Å². The van der Waals surface area contributed by atoms with E-state index in [1.165, 1.54) is 24.4 Å². The molecule has 1 N–H and O–H groups in total. The Balaban J connectivity index is 1.29. The molecule has 37 heavy (non-hydrogen) atoms. The number of ether oxygens (including phenoxy) is 1. The van der Waals surface area contributed by atoms with E-state index >= 15 is 0 Å². The van der Waals surface area contributed by atoms with Crippen molar-refractivity contribution in [2.45, 2.75) is 4.90 Å². The smallest absolute Gasteiger partial charge is 0.264 e. The standard InChI is InChI=1S/C26H24FN5O4S/c1-36-23-9-11-28-17-22(23)31-12-14-32(15-13-31)26(33)19-7-8-21(20(27)16-19)30-37(34,35)24-6-2-4-18-5-3-10-29-25(18)24/h2-11,16-17,30H,12-15H2,1H3. The van der Waals surface area contributed by atoms with Gasteiger partial charge in [0.05, 0.1) is 30.2 Å². The zero-order chi connectivity index (χ0) is 26.0. The maximum atomic E-state index is 15.0. The molecule has 3 heterocycles. The molecule has 1 saturated heterocycles. The van der Waals surface area contributed by atoms with E-state index in [-0.39, 0.29) is 27.6 Å². The molecule has 190 valence electrons. The average molecular weight is 522 g/mol. The number of piperazine rings is 1. The molecule has 1 amide bonds. The van der Waals surface area contributed by atoms with E-state index in [1.807, 2.05) is 0 Å². The second-order valence-corrected chi connectivity index (χ2v) is 10.1. The van der Waals surface area contributed by atoms with Crippen molar-refractivity contribution in [2.75, 3.05) is 42.9 Å². The molecular weight excluding hydrogens is 497 g/mol. The first-order valence-corrected chi connectivity index (χ1v) is 13.0. The molecule has 0 radical (unpaired) electrons. The van der Waals surface area contributed by atoms with E-state index < -0.39 is 15.8 Å². The lowest BCUT2D eigenvalue weighted by Gasteiger charge is -2.36. The van der Waals surface area contributed by atoms with Crippen LogP contribution >= 0.6 is 0 Å². The average Bonchev–Trinajstić information content (AvgIpc) is 2.93. The Bertz CT molecular complexity index is 1570. The SMILES string of the molecule is COc1ccncc1N1CCN(C(=O)c2ccc(NS(=O)(=O)c3cccc4cccnc34)c(F)c2)CC1. The van der Waals surface area contributed by atoms with Crippen molar-refractivity contribution in [1.29, 1.82) is 0 Å². The number of benzene rings is 2. The molecule has 1 aliphatic rings. The molecule has 4 aromatic rings. The Labute approximate surface area is 213 Å². The number of hydrogen-bond acceptors (Lipinski definition) is 7. The van der Waals surface area contributed by atoms with Crippen LogP contribution in [0.3, 0.4) is 0 Å². The van der Waals surface area contributed by atoms with Gasteiger partial charge in [0, 0.05) is 55.6 Å². The van der Waals surface area contributed by atoms with Crippen molar-refractivity contribution in [1.82, 2.24) is 14.9 Å². The van der Waals surface area contributed by atoms with Gasteiger partial charge in [-0.25, -0.2) is 12.8 Å². The van der Waals surface area contributed by atoms with Crippen molar-refractivity contribution < 1.29 is 22.3 Å². The summed E-state index contributed by atoms with van der Waals surface area (Å²) in [6.07, 6.45) is 4.87. The number of pyridine rings is 2. The highest BCUT2D eigenvalue weighted by Gasteiger charge is 2.25. The summed E-state index contributed by atoms with van der Waals surface area (Å²) in [5.41, 5.74) is 1.02. The van der Waals surface area contributed by atoms with Gasteiger partial charge in [0.15, 0.2) is 0 Å². The monoisotopic (exact) mass is 521 g/mol. The second-order valence-electron chi connectivity index (χ2n) is 8.46. The number of hydrogen-bond donors (Lipinski definition) is 1. The number of para-hydroxylation sites is 1. The van der Waals surface area contributed by atoms with Crippen molar-refractivity contribution in [3.05, 3.63) is 84.6 Å². The largest absolute Gasteiger partial charge is 0.494 e. The van der Waals surface area contributed by atoms with Crippen LogP contribution in [0.1, 0.15) is 10.4 Å². The maximum absolute atomic E-state index is 15.0. The normalized spacial score (nSPS) is 14.0. The van der Waals surface area contributed by atoms with Crippen LogP contribution in [-0.4, -0.2) is 62.5 Å². The highest BCUT2D eigenvalue weighted by molar-refractivity contribution is 7.93. The highest BCUT2D eigenvalue weighted by atomic mass is 32.2. The fourth-order valence-corrected chi connectivity index (χ4v) is 5.59. The fourth-order valence-electron chi connectivity index (χ4n) is 4.34. The van der Waals surface area contributed by atoms with E-state index in [9.17, 15) is 17.6 Å². The van der Waals surface area contributed by atoms with Gasteiger partial charge >= 0.3 is 0 Å². The molecule has 0 aliphatic carbocycles. The molecule has 5 rings (SSSR count). The van der Waals surface area contributed by atoms with E-state index in [4.69, 9.17) is 4.74 Å². The molecular formula is C26H24FN5O4S. The maximum Gasteiger partial charge on any atom is 0.264 e. The number of fused-ring (bicyclic) bond motifs is 1. The quantitative estimate of drug-likeness (QED) is 0.414. The molecule has 0 unspecified atom stereocenters. The molecule has 0 atom stereocenters. The van der Waals surface area contributed by atoms with E-state index in [0.717, 1.165) is 11.8 Å². The minimum Gasteiger partial charge on any atom is -0.494 e. The van der Waals surface area contributed by atoms with Crippen molar-refractivity contribution in [2.24, 2.45) is 0 Å². The molecule has 2 aromatic heterocycles. The Kier molecular flexibility index (Phi) is 6.62. The van der Waals surface area contributed by atoms with E-state index in [2.05, 4.69) is 19.6 Å². The third kappa shape index (κ3) is 4.90. The van der Waals surface area contributed by atoms with Gasteiger partial charge in [-0.05, 0) is 30.3 Å². The minimum absolute atomic E-state index is 0.0618. The first-order chi connectivity index (χ1) is 17.9. The van der Waals surface area contributed by atoms with Gasteiger partial charge in [-0.1, -0.05) is 18.2 Å². The third-order valence-electron chi connectivity index (χ3n) is 6.23. The summed E-state index contributed by atoms with van der Waals surface area (Å²) >= 11 is 0. The Morgan fingerprint density at radius 1 is 1.03 bits per heavy atom. The zero-order valence-electron chi connectivity index (χ0n) is 20.0. The number of carbonyl (C=O) groups excluding carboxylic acids is 1. The van der Waals surface area contributed by atoms with Crippen LogP contribution in [0.5, 0.6) is 5.75 Å². The van der Waals surface area contributed by atoms with E-state index in [0.29, 0.717) is 37.3 Å². The third-order valence-corrected chi connectivity index (χ3v) is 7.63. The number of anilines is 2. The molecule has 9 nitrogen and oxygen atoms in total. The number of carbonyl (C=O) groups is 1. The molecule has 1 fully saturated rings. The van der Waals surface area contributed by atoms with Gasteiger partial charge in [0.2, 0.25) is 0 Å². The van der Waals surface area contributed by atoms with Crippen molar-refractivity contribution >= 4 is 38.2 Å². The summed E-state index contributed by atoms with van der Waals surface area (Å²) < 4.78 is 48.7. The second kappa shape index (κ2) is 10.0. The molecule has 0 spiro atoms. The fraction of sp³-hybridized carbons (Fsp3) is 0.192. The summed E-state index contributed by atoms with van der Waals surface area (Å²) in [5, 5.41) is 0.647. The lowest BCUT2D eigenvalue weighted by atomic mass is 10.1. The zero-order valence-corrected chi connectivity index (χ0v) is 20.8. The number of rotatable bonds is 6. The minimum atomic E-state index is -4.12. The van der Waals surface area contributed by atoms with Gasteiger partial charge in [0.25, 0.3) is 15.9 Å². The van der Waals surface area contributed by atoms with Crippen LogP contribution in [0.2, 0.25) is 0 Å². The molecule has 11 heteroatoms. The van der Waals surface area contributed by atoms with Gasteiger partial charge < -0.3 is 14.5 Å².